The van der Waals surface area contributed by atoms with Gasteiger partial charge in [-0.15, -0.1) is 0 Å². The number of fused-ring (bicyclic) bond motifs is 1. The van der Waals surface area contributed by atoms with Crippen molar-refractivity contribution in [2.24, 2.45) is 5.92 Å². The summed E-state index contributed by atoms with van der Waals surface area (Å²) < 4.78 is 16.3. The molecule has 25 heavy (non-hydrogen) atoms. The van der Waals surface area contributed by atoms with Crippen molar-refractivity contribution in [3.05, 3.63) is 35.5 Å². The highest BCUT2D eigenvalue weighted by molar-refractivity contribution is 5.91. The molecule has 0 saturated carbocycles. The van der Waals surface area contributed by atoms with Crippen molar-refractivity contribution in [3.63, 3.8) is 0 Å². The molecular weight excluding hydrogens is 324 g/mol. The monoisotopic (exact) mass is 348 g/mol. The summed E-state index contributed by atoms with van der Waals surface area (Å²) in [5.41, 5.74) is 2.04. The van der Waals surface area contributed by atoms with E-state index in [-0.39, 0.29) is 11.5 Å². The summed E-state index contributed by atoms with van der Waals surface area (Å²) in [6.07, 6.45) is 3.13. The largest absolute Gasteiger partial charge is 0.458 e. The molecule has 0 N–H and O–H groups in total. The van der Waals surface area contributed by atoms with Gasteiger partial charge in [0.25, 0.3) is 0 Å². The molecule has 2 aliphatic rings. The number of rotatable bonds is 2. The molecule has 0 radical (unpaired) electrons. The predicted molar refractivity (Wildman–Crippen MR) is 90.4 cm³/mol. The van der Waals surface area contributed by atoms with Gasteiger partial charge in [0, 0.05) is 32.3 Å². The van der Waals surface area contributed by atoms with E-state index in [1.165, 1.54) is 13.8 Å². The lowest BCUT2D eigenvalue weighted by molar-refractivity contribution is -0.148. The first-order chi connectivity index (χ1) is 11.7. The standard InChI is InChI=1S/C19H24O6/c1-10-6-7-15(23-13(4)20)11(2)9-17(24-14(5)21)18-12(3)19(22)25-16(18)8-10/h6,9,15-18H,3,7-8H2,1-2,4-5H3/b10-6+,11-9+/t15-,16?,17-,18-/m1/s1. The first-order valence-corrected chi connectivity index (χ1v) is 8.27. The van der Waals surface area contributed by atoms with Gasteiger partial charge in [0.15, 0.2) is 0 Å². The summed E-state index contributed by atoms with van der Waals surface area (Å²) in [4.78, 5) is 35.0. The molecule has 0 bridgehead atoms. The van der Waals surface area contributed by atoms with Crippen molar-refractivity contribution in [2.45, 2.75) is 58.8 Å². The van der Waals surface area contributed by atoms with Crippen LogP contribution in [0.25, 0.3) is 0 Å². The molecule has 0 spiro atoms. The van der Waals surface area contributed by atoms with Gasteiger partial charge < -0.3 is 14.2 Å². The van der Waals surface area contributed by atoms with Crippen molar-refractivity contribution < 1.29 is 28.6 Å². The van der Waals surface area contributed by atoms with Crippen LogP contribution in [0.3, 0.4) is 0 Å². The van der Waals surface area contributed by atoms with Crippen LogP contribution in [0.1, 0.15) is 40.5 Å². The van der Waals surface area contributed by atoms with Crippen LogP contribution in [-0.4, -0.2) is 36.2 Å². The van der Waals surface area contributed by atoms with Gasteiger partial charge >= 0.3 is 17.9 Å². The number of carbonyl (C=O) groups excluding carboxylic acids is 3. The van der Waals surface area contributed by atoms with Gasteiger partial charge in [-0.25, -0.2) is 4.79 Å². The van der Waals surface area contributed by atoms with Crippen molar-refractivity contribution >= 4 is 17.9 Å². The maximum absolute atomic E-state index is 12.0. The van der Waals surface area contributed by atoms with Gasteiger partial charge in [-0.2, -0.15) is 0 Å². The van der Waals surface area contributed by atoms with E-state index in [4.69, 9.17) is 14.2 Å². The molecule has 0 amide bonds. The minimum Gasteiger partial charge on any atom is -0.458 e. The number of esters is 3. The average molecular weight is 348 g/mol. The predicted octanol–water partition coefficient (Wildman–Crippen LogP) is 2.63. The quantitative estimate of drug-likeness (QED) is 0.330. The fourth-order valence-electron chi connectivity index (χ4n) is 3.23. The fraction of sp³-hybridized carbons (Fsp3) is 0.526. The van der Waals surface area contributed by atoms with Crippen LogP contribution >= 0.6 is 0 Å². The van der Waals surface area contributed by atoms with Crippen molar-refractivity contribution in [1.82, 2.24) is 0 Å². The third-order valence-electron chi connectivity index (χ3n) is 4.43. The Morgan fingerprint density at radius 3 is 2.44 bits per heavy atom. The molecule has 0 aromatic carbocycles. The zero-order valence-electron chi connectivity index (χ0n) is 15.0. The Labute approximate surface area is 147 Å². The Bertz CT molecular complexity index is 657. The Balaban J connectivity index is 2.46. The van der Waals surface area contributed by atoms with Crippen LogP contribution in [0.5, 0.6) is 0 Å². The second-order valence-electron chi connectivity index (χ2n) is 6.57. The molecule has 1 aliphatic heterocycles. The first kappa shape index (κ1) is 19.0. The van der Waals surface area contributed by atoms with Crippen LogP contribution in [0.2, 0.25) is 0 Å². The molecule has 1 unspecified atom stereocenters. The lowest BCUT2D eigenvalue weighted by atomic mass is 9.85. The molecule has 2 rings (SSSR count). The second-order valence-corrected chi connectivity index (χ2v) is 6.57. The fourth-order valence-corrected chi connectivity index (χ4v) is 3.23. The van der Waals surface area contributed by atoms with Crippen LogP contribution in [-0.2, 0) is 28.6 Å². The Morgan fingerprint density at radius 1 is 1.20 bits per heavy atom. The topological polar surface area (TPSA) is 78.9 Å². The second kappa shape index (κ2) is 7.68. The molecule has 1 fully saturated rings. The molecule has 0 aromatic rings. The number of ether oxygens (including phenoxy) is 3. The van der Waals surface area contributed by atoms with Crippen LogP contribution in [0.4, 0.5) is 0 Å². The molecule has 6 nitrogen and oxygen atoms in total. The van der Waals surface area contributed by atoms with E-state index in [2.05, 4.69) is 6.58 Å². The summed E-state index contributed by atoms with van der Waals surface area (Å²) >= 11 is 0. The highest BCUT2D eigenvalue weighted by Gasteiger charge is 2.44. The maximum atomic E-state index is 12.0. The summed E-state index contributed by atoms with van der Waals surface area (Å²) in [7, 11) is 0. The zero-order valence-corrected chi connectivity index (χ0v) is 15.0. The molecule has 1 saturated heterocycles. The van der Waals surface area contributed by atoms with Crippen molar-refractivity contribution in [3.8, 4) is 0 Å². The van der Waals surface area contributed by atoms with E-state index in [1.807, 2.05) is 19.9 Å². The summed E-state index contributed by atoms with van der Waals surface area (Å²) in [5, 5.41) is 0. The molecule has 6 heteroatoms. The zero-order chi connectivity index (χ0) is 18.7. The van der Waals surface area contributed by atoms with E-state index < -0.39 is 36.2 Å². The number of hydrogen-bond donors (Lipinski definition) is 0. The van der Waals surface area contributed by atoms with Gasteiger partial charge in [0.05, 0.1) is 5.92 Å². The number of hydrogen-bond acceptors (Lipinski definition) is 6. The third kappa shape index (κ3) is 4.59. The minimum atomic E-state index is -0.703. The Hall–Kier alpha value is -2.37. The highest BCUT2D eigenvalue weighted by Crippen LogP contribution is 2.36. The SMILES string of the molecule is C=C1C(=O)OC2C/C(C)=C/C[C@@H](OC(C)=O)/C(C)=C/[C@@H](OC(C)=O)[C@H]12. The average Bonchev–Trinajstić information content (AvgIpc) is 2.75. The highest BCUT2D eigenvalue weighted by atomic mass is 16.6. The van der Waals surface area contributed by atoms with Gasteiger partial charge in [0.2, 0.25) is 0 Å². The molecule has 4 atom stereocenters. The molecule has 0 aromatic heterocycles. The normalized spacial score (nSPS) is 33.9. The lowest BCUT2D eigenvalue weighted by Crippen LogP contribution is -2.33. The summed E-state index contributed by atoms with van der Waals surface area (Å²) in [5.74, 6) is -1.78. The Morgan fingerprint density at radius 2 is 1.84 bits per heavy atom. The molecule has 1 heterocycles. The summed E-state index contributed by atoms with van der Waals surface area (Å²) in [6, 6.07) is 0. The lowest BCUT2D eigenvalue weighted by Gasteiger charge is -2.27. The van der Waals surface area contributed by atoms with Gasteiger partial charge in [-0.05, 0) is 25.5 Å². The van der Waals surface area contributed by atoms with Crippen LogP contribution in [0.15, 0.2) is 35.5 Å². The third-order valence-corrected chi connectivity index (χ3v) is 4.43. The van der Waals surface area contributed by atoms with E-state index in [9.17, 15) is 14.4 Å². The van der Waals surface area contributed by atoms with E-state index in [0.717, 1.165) is 11.1 Å². The Kier molecular flexibility index (Phi) is 5.82. The van der Waals surface area contributed by atoms with Gasteiger partial charge in [0.1, 0.15) is 18.3 Å². The maximum Gasteiger partial charge on any atom is 0.334 e. The first-order valence-electron chi connectivity index (χ1n) is 8.27. The van der Waals surface area contributed by atoms with Gasteiger partial charge in [-0.1, -0.05) is 18.2 Å². The molecular formula is C19H24O6. The van der Waals surface area contributed by atoms with Crippen LogP contribution < -0.4 is 0 Å². The smallest absolute Gasteiger partial charge is 0.334 e. The minimum absolute atomic E-state index is 0.290. The van der Waals surface area contributed by atoms with Crippen molar-refractivity contribution in [2.75, 3.05) is 0 Å². The van der Waals surface area contributed by atoms with E-state index >= 15 is 0 Å². The summed E-state index contributed by atoms with van der Waals surface area (Å²) in [6.45, 7) is 10.2. The number of carbonyl (C=O) groups is 3. The van der Waals surface area contributed by atoms with Gasteiger partial charge in [-0.3, -0.25) is 9.59 Å². The van der Waals surface area contributed by atoms with E-state index in [1.54, 1.807) is 6.08 Å². The van der Waals surface area contributed by atoms with Crippen molar-refractivity contribution in [1.29, 1.82) is 0 Å². The van der Waals surface area contributed by atoms with Crippen LogP contribution in [0, 0.1) is 5.92 Å². The molecule has 1 aliphatic carbocycles. The molecule has 136 valence electrons. The van der Waals surface area contributed by atoms with E-state index in [0.29, 0.717) is 12.8 Å².